The zero-order chi connectivity index (χ0) is 43.5. The number of quaternary nitrogens is 1. The molecule has 0 aliphatic carbocycles. The van der Waals surface area contributed by atoms with Gasteiger partial charge in [-0.2, -0.15) is 0 Å². The van der Waals surface area contributed by atoms with Crippen LogP contribution in [0.4, 0.5) is 0 Å². The van der Waals surface area contributed by atoms with Gasteiger partial charge in [-0.05, 0) is 82.1 Å². The van der Waals surface area contributed by atoms with E-state index in [9.17, 15) is 19.0 Å². The number of carbonyl (C=O) groups is 2. The summed E-state index contributed by atoms with van der Waals surface area (Å²) in [7, 11) is 1.43. The first kappa shape index (κ1) is 52.7. The van der Waals surface area contributed by atoms with Gasteiger partial charge in [0.05, 0.1) is 27.7 Å². The van der Waals surface area contributed by atoms with Crippen LogP contribution in [0.2, 0.25) is 0 Å². The Morgan fingerprint density at radius 1 is 0.644 bits per heavy atom. The minimum Gasteiger partial charge on any atom is -0.466 e. The zero-order valence-corrected chi connectivity index (χ0v) is 39.4. The first-order valence-corrected chi connectivity index (χ1v) is 24.6. The summed E-state index contributed by atoms with van der Waals surface area (Å²) in [5.74, 6) is 3.67. The lowest BCUT2D eigenvalue weighted by molar-refractivity contribution is -0.870. The second-order valence-corrected chi connectivity index (χ2v) is 19.0. The molecule has 0 saturated heterocycles. The van der Waals surface area contributed by atoms with Gasteiger partial charge < -0.3 is 27.7 Å². The van der Waals surface area contributed by atoms with Crippen molar-refractivity contribution in [3.63, 3.8) is 0 Å². The number of furan rings is 2. The second kappa shape index (κ2) is 29.8. The monoisotopic (exact) mass is 853 g/mol. The molecule has 2 unspecified atom stereocenters. The molecule has 11 nitrogen and oxygen atoms in total. The van der Waals surface area contributed by atoms with Crippen molar-refractivity contribution in [3.8, 4) is 0 Å². The van der Waals surface area contributed by atoms with Crippen LogP contribution in [0.3, 0.4) is 0 Å². The molecule has 0 aliphatic rings. The first-order chi connectivity index (χ1) is 28.1. The molecule has 2 rings (SSSR count). The highest BCUT2D eigenvalue weighted by molar-refractivity contribution is 7.47. The number of unbranched alkanes of at least 4 members (excludes halogenated alkanes) is 14. The van der Waals surface area contributed by atoms with E-state index in [0.717, 1.165) is 119 Å². The maximum Gasteiger partial charge on any atom is 0.472 e. The van der Waals surface area contributed by atoms with E-state index in [4.69, 9.17) is 27.4 Å². The van der Waals surface area contributed by atoms with Crippen LogP contribution in [0.25, 0.3) is 0 Å². The molecular formula is C47H83NO10P+. The number of phosphoric ester groups is 1. The van der Waals surface area contributed by atoms with Crippen LogP contribution < -0.4 is 0 Å². The number of phosphoric acid groups is 1. The Morgan fingerprint density at radius 3 is 1.69 bits per heavy atom. The molecule has 2 aromatic rings. The molecule has 12 heteroatoms. The van der Waals surface area contributed by atoms with E-state index in [0.29, 0.717) is 23.9 Å². The van der Waals surface area contributed by atoms with Gasteiger partial charge in [0.1, 0.15) is 42.8 Å². The molecule has 340 valence electrons. The summed E-state index contributed by atoms with van der Waals surface area (Å²) in [5.41, 5.74) is 3.88. The molecule has 2 atom stereocenters. The third kappa shape index (κ3) is 24.6. The summed E-state index contributed by atoms with van der Waals surface area (Å²) in [6.45, 7) is 10.7. The van der Waals surface area contributed by atoms with Crippen LogP contribution in [0.1, 0.15) is 182 Å². The number of esters is 2. The molecule has 1 N–H and O–H groups in total. The van der Waals surface area contributed by atoms with E-state index >= 15 is 0 Å². The highest BCUT2D eigenvalue weighted by Crippen LogP contribution is 2.43. The van der Waals surface area contributed by atoms with E-state index in [-0.39, 0.29) is 26.1 Å². The lowest BCUT2D eigenvalue weighted by Gasteiger charge is -2.24. The fourth-order valence-electron chi connectivity index (χ4n) is 7.08. The quantitative estimate of drug-likeness (QED) is 0.0305. The minimum absolute atomic E-state index is 0.0185. The Labute approximate surface area is 357 Å². The smallest absolute Gasteiger partial charge is 0.466 e. The largest absolute Gasteiger partial charge is 0.472 e. The average molecular weight is 853 g/mol. The average Bonchev–Trinajstić information content (AvgIpc) is 3.66. The predicted octanol–water partition coefficient (Wildman–Crippen LogP) is 11.8. The molecule has 0 saturated carbocycles. The van der Waals surface area contributed by atoms with Crippen LogP contribution in [0.5, 0.6) is 0 Å². The van der Waals surface area contributed by atoms with Crippen molar-refractivity contribution in [2.45, 2.75) is 195 Å². The molecule has 0 spiro atoms. The van der Waals surface area contributed by atoms with Gasteiger partial charge in [-0.1, -0.05) is 90.9 Å². The second-order valence-electron chi connectivity index (χ2n) is 17.6. The van der Waals surface area contributed by atoms with Gasteiger partial charge in [-0.25, -0.2) is 4.57 Å². The molecule has 59 heavy (non-hydrogen) atoms. The number of nitrogens with zero attached hydrogens (tertiary/aromatic N) is 1. The van der Waals surface area contributed by atoms with Gasteiger partial charge >= 0.3 is 19.8 Å². The Hall–Kier alpha value is -2.43. The summed E-state index contributed by atoms with van der Waals surface area (Å²) in [6, 6.07) is 2.18. The van der Waals surface area contributed by atoms with Crippen molar-refractivity contribution < 1.29 is 50.9 Å². The van der Waals surface area contributed by atoms with Crippen LogP contribution in [-0.4, -0.2) is 74.9 Å². The van der Waals surface area contributed by atoms with Crippen molar-refractivity contribution in [1.29, 1.82) is 0 Å². The maximum atomic E-state index is 12.8. The topological polar surface area (TPSA) is 135 Å². The molecule has 0 aliphatic heterocycles. The number of hydrogen-bond donors (Lipinski definition) is 1. The highest BCUT2D eigenvalue weighted by atomic mass is 31.2. The summed E-state index contributed by atoms with van der Waals surface area (Å²) in [6.07, 6.45) is 22.5. The van der Waals surface area contributed by atoms with Gasteiger partial charge in [-0.3, -0.25) is 18.6 Å². The van der Waals surface area contributed by atoms with Crippen molar-refractivity contribution in [1.82, 2.24) is 0 Å². The van der Waals surface area contributed by atoms with E-state index in [1.165, 1.54) is 48.8 Å². The molecular weight excluding hydrogens is 769 g/mol. The van der Waals surface area contributed by atoms with Crippen LogP contribution >= 0.6 is 7.82 Å². The van der Waals surface area contributed by atoms with Gasteiger partial charge in [0.25, 0.3) is 0 Å². The number of rotatable bonds is 36. The summed E-state index contributed by atoms with van der Waals surface area (Å²) in [5, 5.41) is 0. The molecule has 2 heterocycles. The Kier molecular flexibility index (Phi) is 26.6. The van der Waals surface area contributed by atoms with E-state index in [1.807, 2.05) is 21.1 Å². The van der Waals surface area contributed by atoms with Gasteiger partial charge in [0.15, 0.2) is 6.10 Å². The fourth-order valence-corrected chi connectivity index (χ4v) is 7.82. The third-order valence-electron chi connectivity index (χ3n) is 11.0. The molecule has 2 aromatic heterocycles. The molecule has 0 amide bonds. The summed E-state index contributed by atoms with van der Waals surface area (Å²) < 4.78 is 46.7. The van der Waals surface area contributed by atoms with Crippen molar-refractivity contribution in [3.05, 3.63) is 45.8 Å². The van der Waals surface area contributed by atoms with E-state index in [2.05, 4.69) is 40.7 Å². The number of ether oxygens (including phenoxy) is 2. The van der Waals surface area contributed by atoms with Gasteiger partial charge in [0.2, 0.25) is 0 Å². The normalized spacial score (nSPS) is 13.4. The van der Waals surface area contributed by atoms with Crippen LogP contribution in [-0.2, 0) is 58.4 Å². The van der Waals surface area contributed by atoms with Gasteiger partial charge in [-0.15, -0.1) is 0 Å². The molecule has 0 aromatic carbocycles. The fraction of sp³-hybridized carbons (Fsp3) is 0.787. The Bertz CT molecular complexity index is 1490. The molecule has 0 bridgehead atoms. The summed E-state index contributed by atoms with van der Waals surface area (Å²) in [4.78, 5) is 35.6. The standard InChI is InChI=1S/C47H82NO10P/c1-9-11-22-29-44-39(4)40(5)45(58-44)30-24-19-16-17-20-25-31-46(49)53-36-42(37-55-59(51,52)54-34-33-48(6,7)8)57-47(50)32-26-21-15-13-12-14-18-23-28-43-38(3)35-41(56-43)27-10-2/h35,42H,9-34,36-37H2,1-8H3/p+1. The zero-order valence-electron chi connectivity index (χ0n) is 38.5. The lowest BCUT2D eigenvalue weighted by Crippen LogP contribution is -2.37. The number of hydrogen-bond acceptors (Lipinski definition) is 9. The van der Waals surface area contributed by atoms with Crippen LogP contribution in [0.15, 0.2) is 14.9 Å². The van der Waals surface area contributed by atoms with Gasteiger partial charge in [0, 0.05) is 38.5 Å². The first-order valence-electron chi connectivity index (χ1n) is 23.1. The van der Waals surface area contributed by atoms with Crippen LogP contribution in [0, 0.1) is 20.8 Å². The molecule has 0 fully saturated rings. The van der Waals surface area contributed by atoms with Crippen molar-refractivity contribution >= 4 is 19.8 Å². The Morgan fingerprint density at radius 2 is 1.15 bits per heavy atom. The number of aryl methyl sites for hydroxylation is 5. The van der Waals surface area contributed by atoms with Crippen molar-refractivity contribution in [2.24, 2.45) is 0 Å². The summed E-state index contributed by atoms with van der Waals surface area (Å²) >= 11 is 0. The predicted molar refractivity (Wildman–Crippen MR) is 236 cm³/mol. The minimum atomic E-state index is -4.40. The lowest BCUT2D eigenvalue weighted by atomic mass is 10.0. The SMILES string of the molecule is CCCCCc1oc(CCCCCCCCC(=O)OCC(COP(=O)(O)OCC[N+](C)(C)C)OC(=O)CCCCCCCCCCc2oc(CCC)cc2C)c(C)c1C. The third-order valence-corrected chi connectivity index (χ3v) is 11.9. The molecule has 0 radical (unpaired) electrons. The van der Waals surface area contributed by atoms with Crippen molar-refractivity contribution in [2.75, 3.05) is 47.5 Å². The van der Waals surface area contributed by atoms with E-state index < -0.39 is 32.5 Å². The van der Waals surface area contributed by atoms with E-state index in [1.54, 1.807) is 0 Å². The number of likely N-dealkylation sites (N-methyl/N-ethyl adjacent to an activating group) is 1. The Balaban J connectivity index is 1.66. The number of carbonyl (C=O) groups excluding carboxylic acids is 2. The maximum absolute atomic E-state index is 12.8. The highest BCUT2D eigenvalue weighted by Gasteiger charge is 2.27.